The predicted molar refractivity (Wildman–Crippen MR) is 31.9 cm³/mol. The quantitative estimate of drug-likeness (QED) is 0.584. The van der Waals surface area contributed by atoms with Crippen molar-refractivity contribution in [3.63, 3.8) is 0 Å². The van der Waals surface area contributed by atoms with E-state index in [1.165, 1.54) is 6.26 Å². The molecule has 0 radical (unpaired) electrons. The second-order valence-corrected chi connectivity index (χ2v) is 1.29. The van der Waals surface area contributed by atoms with Crippen LogP contribution in [0, 0.1) is 0 Å². The second-order valence-electron chi connectivity index (χ2n) is 0.917. The molecule has 0 spiro atoms. The Kier molecular flexibility index (Phi) is 4.41. The molecular weight excluding hydrogens is 128 g/mol. The van der Waals surface area contributed by atoms with Crippen LogP contribution < -0.4 is 0 Å². The highest BCUT2D eigenvalue weighted by Gasteiger charge is 1.79. The molecule has 2 nitrogen and oxygen atoms in total. The molecule has 0 aliphatic carbocycles. The van der Waals surface area contributed by atoms with E-state index in [9.17, 15) is 0 Å². The summed E-state index contributed by atoms with van der Waals surface area (Å²) in [6.45, 7) is 0. The molecule has 0 aliphatic rings. The van der Waals surface area contributed by atoms with E-state index in [0.717, 1.165) is 7.11 Å². The van der Waals surface area contributed by atoms with Crippen molar-refractivity contribution < 1.29 is 9.52 Å². The van der Waals surface area contributed by atoms with Gasteiger partial charge in [0.25, 0.3) is 0 Å². The molecule has 1 aromatic rings. The van der Waals surface area contributed by atoms with Crippen molar-refractivity contribution in [2.75, 3.05) is 7.11 Å². The zero-order chi connectivity index (χ0) is 6.41. The first-order chi connectivity index (χ1) is 3.89. The van der Waals surface area contributed by atoms with E-state index in [1.807, 2.05) is 0 Å². The van der Waals surface area contributed by atoms with E-state index in [4.69, 9.17) is 16.7 Å². The second kappa shape index (κ2) is 4.68. The number of furan rings is 1. The van der Waals surface area contributed by atoms with Crippen LogP contribution in [-0.2, 0) is 0 Å². The van der Waals surface area contributed by atoms with Crippen LogP contribution in [0.2, 0.25) is 5.22 Å². The first-order valence-electron chi connectivity index (χ1n) is 2.03. The summed E-state index contributed by atoms with van der Waals surface area (Å²) >= 11 is 5.29. The Bertz CT molecular complexity index is 114. The Hall–Kier alpha value is -0.470. The molecule has 0 saturated carbocycles. The fraction of sp³-hybridized carbons (Fsp3) is 0.200. The van der Waals surface area contributed by atoms with Crippen molar-refractivity contribution in [1.29, 1.82) is 0 Å². The van der Waals surface area contributed by atoms with Gasteiger partial charge < -0.3 is 9.52 Å². The number of aliphatic hydroxyl groups excluding tert-OH is 1. The molecule has 1 N–H and O–H groups in total. The van der Waals surface area contributed by atoms with Gasteiger partial charge in [-0.15, -0.1) is 0 Å². The molecule has 0 bridgehead atoms. The maximum atomic E-state index is 7.00. The van der Waals surface area contributed by atoms with Gasteiger partial charge in [0.1, 0.15) is 0 Å². The summed E-state index contributed by atoms with van der Waals surface area (Å²) in [7, 11) is 1.00. The molecule has 0 aromatic carbocycles. The van der Waals surface area contributed by atoms with Gasteiger partial charge in [-0.3, -0.25) is 0 Å². The monoisotopic (exact) mass is 134 g/mol. The third-order valence-electron chi connectivity index (χ3n) is 0.486. The molecule has 8 heavy (non-hydrogen) atoms. The molecule has 0 amide bonds. The van der Waals surface area contributed by atoms with Gasteiger partial charge >= 0.3 is 0 Å². The zero-order valence-electron chi connectivity index (χ0n) is 4.47. The summed E-state index contributed by atoms with van der Waals surface area (Å²) in [4.78, 5) is 0. The number of aliphatic hydroxyl groups is 1. The lowest BCUT2D eigenvalue weighted by molar-refractivity contribution is 0.399. The molecule has 0 saturated heterocycles. The Morgan fingerprint density at radius 2 is 2.25 bits per heavy atom. The molecule has 1 heterocycles. The third kappa shape index (κ3) is 2.66. The topological polar surface area (TPSA) is 33.4 Å². The van der Waals surface area contributed by atoms with Crippen molar-refractivity contribution in [3.05, 3.63) is 23.6 Å². The fourth-order valence-corrected chi connectivity index (χ4v) is 0.383. The minimum atomic E-state index is 0.440. The predicted octanol–water partition coefficient (Wildman–Crippen LogP) is 1.54. The first kappa shape index (κ1) is 7.53. The van der Waals surface area contributed by atoms with E-state index in [1.54, 1.807) is 12.1 Å². The molecular formula is C5H7ClO2. The molecule has 1 aromatic heterocycles. The highest BCUT2D eigenvalue weighted by molar-refractivity contribution is 6.28. The van der Waals surface area contributed by atoms with E-state index < -0.39 is 0 Å². The summed E-state index contributed by atoms with van der Waals surface area (Å²) in [6.07, 6.45) is 1.53. The molecule has 3 heteroatoms. The first-order valence-corrected chi connectivity index (χ1v) is 2.41. The van der Waals surface area contributed by atoms with Gasteiger partial charge in [-0.25, -0.2) is 0 Å². The van der Waals surface area contributed by atoms with E-state index in [2.05, 4.69) is 4.42 Å². The van der Waals surface area contributed by atoms with Crippen molar-refractivity contribution in [2.24, 2.45) is 0 Å². The molecule has 46 valence electrons. The summed E-state index contributed by atoms with van der Waals surface area (Å²) < 4.78 is 4.60. The van der Waals surface area contributed by atoms with Crippen molar-refractivity contribution in [2.45, 2.75) is 0 Å². The van der Waals surface area contributed by atoms with Gasteiger partial charge in [0.05, 0.1) is 6.26 Å². The van der Waals surface area contributed by atoms with Crippen LogP contribution in [0.15, 0.2) is 22.8 Å². The molecule has 0 unspecified atom stereocenters. The lowest BCUT2D eigenvalue weighted by Gasteiger charge is -1.65. The SMILES string of the molecule is CO.Clc1ccco1. The average molecular weight is 135 g/mol. The van der Waals surface area contributed by atoms with Gasteiger partial charge in [0, 0.05) is 7.11 Å². The minimum absolute atomic E-state index is 0.440. The lowest BCUT2D eigenvalue weighted by Crippen LogP contribution is -1.34. The van der Waals surface area contributed by atoms with Gasteiger partial charge in [-0.05, 0) is 23.7 Å². The van der Waals surface area contributed by atoms with Gasteiger partial charge in [-0.1, -0.05) is 0 Å². The van der Waals surface area contributed by atoms with Crippen LogP contribution >= 0.6 is 11.6 Å². The standard InChI is InChI=1S/C4H3ClO.CH4O/c5-4-2-1-3-6-4;1-2/h1-3H;2H,1H3. The summed E-state index contributed by atoms with van der Waals surface area (Å²) in [5, 5.41) is 7.44. The molecule has 0 atom stereocenters. The van der Waals surface area contributed by atoms with Crippen LogP contribution in [0.3, 0.4) is 0 Å². The van der Waals surface area contributed by atoms with Gasteiger partial charge in [0.15, 0.2) is 5.22 Å². The fourth-order valence-electron chi connectivity index (χ4n) is 0.259. The Morgan fingerprint density at radius 3 is 2.38 bits per heavy atom. The highest BCUT2D eigenvalue weighted by atomic mass is 35.5. The van der Waals surface area contributed by atoms with Crippen LogP contribution in [-0.4, -0.2) is 12.2 Å². The maximum absolute atomic E-state index is 7.00. The Labute approximate surface area is 52.7 Å². The van der Waals surface area contributed by atoms with Crippen LogP contribution in [0.4, 0.5) is 0 Å². The van der Waals surface area contributed by atoms with Gasteiger partial charge in [-0.2, -0.15) is 0 Å². The molecule has 0 aliphatic heterocycles. The molecule has 0 fully saturated rings. The summed E-state index contributed by atoms with van der Waals surface area (Å²) in [6, 6.07) is 3.42. The number of rotatable bonds is 0. The Morgan fingerprint density at radius 1 is 1.62 bits per heavy atom. The largest absolute Gasteiger partial charge is 0.453 e. The Balaban J connectivity index is 0.000000222. The average Bonchev–Trinajstić information content (AvgIpc) is 2.24. The van der Waals surface area contributed by atoms with E-state index in [0.29, 0.717) is 5.22 Å². The number of halogens is 1. The minimum Gasteiger partial charge on any atom is -0.453 e. The lowest BCUT2D eigenvalue weighted by atomic mass is 10.7. The highest BCUT2D eigenvalue weighted by Crippen LogP contribution is 2.04. The van der Waals surface area contributed by atoms with Crippen molar-refractivity contribution in [1.82, 2.24) is 0 Å². The van der Waals surface area contributed by atoms with Crippen molar-refractivity contribution in [3.8, 4) is 0 Å². The maximum Gasteiger partial charge on any atom is 0.192 e. The third-order valence-corrected chi connectivity index (χ3v) is 0.702. The van der Waals surface area contributed by atoms with E-state index in [-0.39, 0.29) is 0 Å². The number of hydrogen-bond acceptors (Lipinski definition) is 2. The number of hydrogen-bond donors (Lipinski definition) is 1. The smallest absolute Gasteiger partial charge is 0.192 e. The summed E-state index contributed by atoms with van der Waals surface area (Å²) in [5.74, 6) is 0. The molecule has 1 rings (SSSR count). The van der Waals surface area contributed by atoms with Crippen LogP contribution in [0.25, 0.3) is 0 Å². The summed E-state index contributed by atoms with van der Waals surface area (Å²) in [5.41, 5.74) is 0. The zero-order valence-corrected chi connectivity index (χ0v) is 5.22. The van der Waals surface area contributed by atoms with E-state index >= 15 is 0 Å². The van der Waals surface area contributed by atoms with Crippen LogP contribution in [0.5, 0.6) is 0 Å². The van der Waals surface area contributed by atoms with Crippen LogP contribution in [0.1, 0.15) is 0 Å². The van der Waals surface area contributed by atoms with Gasteiger partial charge in [0.2, 0.25) is 0 Å². The normalized spacial score (nSPS) is 7.38. The van der Waals surface area contributed by atoms with Crippen molar-refractivity contribution >= 4 is 11.6 Å².